The van der Waals surface area contributed by atoms with Gasteiger partial charge in [-0.25, -0.2) is 0 Å². The molecule has 0 fully saturated rings. The van der Waals surface area contributed by atoms with Crippen molar-refractivity contribution in [3.8, 4) is 11.4 Å². The largest absolute Gasteiger partial charge is 0.344 e. The van der Waals surface area contributed by atoms with Crippen LogP contribution in [0.2, 0.25) is 5.02 Å². The van der Waals surface area contributed by atoms with Gasteiger partial charge in [0, 0.05) is 33.6 Å². The Morgan fingerprint density at radius 3 is 2.64 bits per heavy atom. The van der Waals surface area contributed by atoms with Crippen molar-refractivity contribution in [3.05, 3.63) is 75.7 Å². The molecule has 0 aliphatic heterocycles. The molecule has 0 saturated carbocycles. The number of hydrogen-bond donors (Lipinski definition) is 1. The lowest BCUT2D eigenvalue weighted by atomic mass is 10.1. The Hall–Kier alpha value is -2.31. The summed E-state index contributed by atoms with van der Waals surface area (Å²) < 4.78 is 0.742. The Morgan fingerprint density at radius 1 is 1.12 bits per heavy atom. The number of halogens is 2. The molecule has 1 unspecified atom stereocenters. The molecule has 1 N–H and O–H groups in total. The Bertz CT molecular complexity index is 884. The lowest BCUT2D eigenvalue weighted by Crippen LogP contribution is -2.28. The molecule has 3 aromatic rings. The summed E-state index contributed by atoms with van der Waals surface area (Å²) in [5, 5.41) is 3.42. The van der Waals surface area contributed by atoms with Crippen LogP contribution in [0.4, 0.5) is 0 Å². The first-order chi connectivity index (χ1) is 12.0. The van der Waals surface area contributed by atoms with Crippen LogP contribution in [0.15, 0.2) is 59.5 Å². The van der Waals surface area contributed by atoms with Crippen LogP contribution in [0, 0.1) is 0 Å². The zero-order valence-corrected chi connectivity index (χ0v) is 15.6. The van der Waals surface area contributed by atoms with Gasteiger partial charge in [0.05, 0.1) is 17.4 Å². The normalized spacial score (nSPS) is 11.8. The molecule has 0 aliphatic carbocycles. The maximum atomic E-state index is 12.5. The fraction of sp³-hybridized carbons (Fsp3) is 0.111. The monoisotopic (exact) mass is 416 g/mol. The molecule has 3 rings (SSSR count). The molecule has 0 radical (unpaired) electrons. The van der Waals surface area contributed by atoms with Crippen LogP contribution in [-0.4, -0.2) is 20.9 Å². The summed E-state index contributed by atoms with van der Waals surface area (Å²) in [6, 6.07) is 10.3. The molecule has 0 saturated heterocycles. The lowest BCUT2D eigenvalue weighted by molar-refractivity contribution is 0.0939. The van der Waals surface area contributed by atoms with E-state index in [-0.39, 0.29) is 11.9 Å². The van der Waals surface area contributed by atoms with E-state index in [1.165, 1.54) is 0 Å². The van der Waals surface area contributed by atoms with Crippen molar-refractivity contribution < 1.29 is 4.79 Å². The first-order valence-corrected chi connectivity index (χ1v) is 8.71. The smallest absolute Gasteiger partial charge is 0.251 e. The Balaban J connectivity index is 1.87. The van der Waals surface area contributed by atoms with Crippen LogP contribution in [0.1, 0.15) is 29.0 Å². The fourth-order valence-electron chi connectivity index (χ4n) is 2.40. The van der Waals surface area contributed by atoms with Crippen molar-refractivity contribution in [1.29, 1.82) is 0 Å². The number of benzene rings is 1. The summed E-state index contributed by atoms with van der Waals surface area (Å²) in [4.78, 5) is 25.6. The van der Waals surface area contributed by atoms with Gasteiger partial charge in [-0.1, -0.05) is 33.6 Å². The van der Waals surface area contributed by atoms with E-state index in [0.29, 0.717) is 27.7 Å². The Labute approximate surface area is 158 Å². The van der Waals surface area contributed by atoms with E-state index in [1.54, 1.807) is 36.8 Å². The summed E-state index contributed by atoms with van der Waals surface area (Å²) in [6.07, 6.45) is 4.90. The minimum atomic E-state index is -0.351. The summed E-state index contributed by atoms with van der Waals surface area (Å²) in [5.41, 5.74) is 2.46. The van der Waals surface area contributed by atoms with Gasteiger partial charge in [0.15, 0.2) is 0 Å². The van der Waals surface area contributed by atoms with Crippen LogP contribution in [0.3, 0.4) is 0 Å². The van der Waals surface area contributed by atoms with Crippen LogP contribution < -0.4 is 5.32 Å². The van der Waals surface area contributed by atoms with E-state index in [1.807, 2.05) is 25.1 Å². The molecule has 1 amide bonds. The topological polar surface area (TPSA) is 67.8 Å². The van der Waals surface area contributed by atoms with E-state index in [9.17, 15) is 4.79 Å². The van der Waals surface area contributed by atoms with Gasteiger partial charge < -0.3 is 5.32 Å². The van der Waals surface area contributed by atoms with Crippen molar-refractivity contribution in [2.45, 2.75) is 13.0 Å². The minimum absolute atomic E-state index is 0.242. The molecule has 126 valence electrons. The Morgan fingerprint density at radius 2 is 1.92 bits per heavy atom. The third-order valence-electron chi connectivity index (χ3n) is 3.52. The molecule has 1 aromatic carbocycles. The number of carbonyl (C=O) groups is 1. The number of hydrogen-bond acceptors (Lipinski definition) is 4. The number of pyridine rings is 1. The van der Waals surface area contributed by atoms with Crippen molar-refractivity contribution in [3.63, 3.8) is 0 Å². The van der Waals surface area contributed by atoms with Crippen LogP contribution in [-0.2, 0) is 0 Å². The van der Waals surface area contributed by atoms with Gasteiger partial charge in [-0.3, -0.25) is 19.7 Å². The van der Waals surface area contributed by atoms with Gasteiger partial charge >= 0.3 is 0 Å². The Kier molecular flexibility index (Phi) is 5.40. The van der Waals surface area contributed by atoms with E-state index in [4.69, 9.17) is 11.6 Å². The number of nitrogens with zero attached hydrogens (tertiary/aromatic N) is 3. The number of rotatable bonds is 4. The molecule has 0 aliphatic rings. The van der Waals surface area contributed by atoms with Gasteiger partial charge in [-0.2, -0.15) is 0 Å². The van der Waals surface area contributed by atoms with Crippen LogP contribution in [0.5, 0.6) is 0 Å². The van der Waals surface area contributed by atoms with Crippen molar-refractivity contribution in [2.75, 3.05) is 0 Å². The zero-order valence-electron chi connectivity index (χ0n) is 13.3. The number of aromatic nitrogens is 3. The number of nitrogens with one attached hydrogen (secondary N) is 1. The SMILES string of the molecule is CC(NC(=O)c1cc(Cl)cc(Br)c1)c1nccnc1-c1ccccn1. The van der Waals surface area contributed by atoms with E-state index in [2.05, 4.69) is 36.2 Å². The van der Waals surface area contributed by atoms with E-state index in [0.717, 1.165) is 4.47 Å². The van der Waals surface area contributed by atoms with E-state index >= 15 is 0 Å². The molecule has 2 aromatic heterocycles. The van der Waals surface area contributed by atoms with E-state index < -0.39 is 0 Å². The quantitative estimate of drug-likeness (QED) is 0.681. The van der Waals surface area contributed by atoms with Gasteiger partial charge in [0.25, 0.3) is 5.91 Å². The zero-order chi connectivity index (χ0) is 17.8. The third-order valence-corrected chi connectivity index (χ3v) is 4.19. The van der Waals surface area contributed by atoms with Gasteiger partial charge in [0.1, 0.15) is 5.69 Å². The highest BCUT2D eigenvalue weighted by Crippen LogP contribution is 2.24. The standard InChI is InChI=1S/C18H14BrClN4O/c1-11(24-18(25)12-8-13(19)10-14(20)9-12)16-17(23-7-6-22-16)15-4-2-3-5-21-15/h2-11H,1H3,(H,24,25). The number of carbonyl (C=O) groups excluding carboxylic acids is 1. The predicted molar refractivity (Wildman–Crippen MR) is 100 cm³/mol. The fourth-order valence-corrected chi connectivity index (χ4v) is 3.26. The first-order valence-electron chi connectivity index (χ1n) is 7.54. The van der Waals surface area contributed by atoms with Crippen LogP contribution in [0.25, 0.3) is 11.4 Å². The average Bonchev–Trinajstić information content (AvgIpc) is 2.61. The molecule has 2 heterocycles. The molecule has 0 bridgehead atoms. The predicted octanol–water partition coefficient (Wildman–Crippen LogP) is 4.45. The average molecular weight is 418 g/mol. The maximum absolute atomic E-state index is 12.5. The molecular formula is C18H14BrClN4O. The highest BCUT2D eigenvalue weighted by molar-refractivity contribution is 9.10. The van der Waals surface area contributed by atoms with Gasteiger partial charge in [-0.05, 0) is 37.3 Å². The summed E-state index contributed by atoms with van der Waals surface area (Å²) in [5.74, 6) is -0.242. The second kappa shape index (κ2) is 7.72. The molecule has 0 spiro atoms. The summed E-state index contributed by atoms with van der Waals surface area (Å²) in [6.45, 7) is 1.86. The third kappa shape index (κ3) is 4.21. The first kappa shape index (κ1) is 17.5. The molecular weight excluding hydrogens is 404 g/mol. The van der Waals surface area contributed by atoms with Gasteiger partial charge in [-0.15, -0.1) is 0 Å². The second-order valence-corrected chi connectivity index (χ2v) is 6.71. The highest BCUT2D eigenvalue weighted by atomic mass is 79.9. The molecule has 7 heteroatoms. The minimum Gasteiger partial charge on any atom is -0.344 e. The van der Waals surface area contributed by atoms with Crippen LogP contribution >= 0.6 is 27.5 Å². The highest BCUT2D eigenvalue weighted by Gasteiger charge is 2.18. The van der Waals surface area contributed by atoms with Crippen molar-refractivity contribution in [1.82, 2.24) is 20.3 Å². The molecule has 5 nitrogen and oxygen atoms in total. The summed E-state index contributed by atoms with van der Waals surface area (Å²) in [7, 11) is 0. The second-order valence-electron chi connectivity index (χ2n) is 5.36. The van der Waals surface area contributed by atoms with Crippen molar-refractivity contribution >= 4 is 33.4 Å². The lowest BCUT2D eigenvalue weighted by Gasteiger charge is -2.16. The van der Waals surface area contributed by atoms with Gasteiger partial charge in [0.2, 0.25) is 0 Å². The number of amides is 1. The molecule has 25 heavy (non-hydrogen) atoms. The maximum Gasteiger partial charge on any atom is 0.251 e. The summed E-state index contributed by atoms with van der Waals surface area (Å²) >= 11 is 9.35. The molecule has 1 atom stereocenters. The van der Waals surface area contributed by atoms with Crippen molar-refractivity contribution in [2.24, 2.45) is 0 Å².